The normalized spacial score (nSPS) is 12.4. The summed E-state index contributed by atoms with van der Waals surface area (Å²) in [6.45, 7) is 1.92. The van der Waals surface area contributed by atoms with Gasteiger partial charge in [-0.15, -0.1) is 0 Å². The van der Waals surface area contributed by atoms with Gasteiger partial charge in [0.15, 0.2) is 0 Å². The first-order valence-electron chi connectivity index (χ1n) is 5.67. The highest BCUT2D eigenvalue weighted by Gasteiger charge is 2.11. The van der Waals surface area contributed by atoms with E-state index in [1.165, 1.54) is 12.1 Å². The topological polar surface area (TPSA) is 38.9 Å². The Kier molecular flexibility index (Phi) is 3.67. The molecule has 18 heavy (non-hydrogen) atoms. The molecule has 0 spiro atoms. The molecule has 94 valence electrons. The molecule has 0 saturated heterocycles. The minimum absolute atomic E-state index is 0.317. The zero-order chi connectivity index (χ0) is 13.1. The molecule has 0 fully saturated rings. The fourth-order valence-electron chi connectivity index (χ4n) is 1.82. The molecule has 0 amide bonds. The maximum Gasteiger partial charge on any atom is 0.129 e. The van der Waals surface area contributed by atoms with Gasteiger partial charge in [-0.25, -0.2) is 8.78 Å². The summed E-state index contributed by atoms with van der Waals surface area (Å²) in [4.78, 5) is 4.05. The van der Waals surface area contributed by atoms with Crippen LogP contribution in [0.1, 0.15) is 22.7 Å². The number of aryl methyl sites for hydroxylation is 1. The van der Waals surface area contributed by atoms with Gasteiger partial charge < -0.3 is 5.73 Å². The summed E-state index contributed by atoms with van der Waals surface area (Å²) in [6, 6.07) is 5.10. The van der Waals surface area contributed by atoms with Gasteiger partial charge in [0.25, 0.3) is 0 Å². The van der Waals surface area contributed by atoms with Crippen LogP contribution in [-0.4, -0.2) is 4.98 Å². The van der Waals surface area contributed by atoms with Crippen LogP contribution in [-0.2, 0) is 6.42 Å². The van der Waals surface area contributed by atoms with Gasteiger partial charge in [0.05, 0.1) is 0 Å². The van der Waals surface area contributed by atoms with Crippen molar-refractivity contribution in [3.63, 3.8) is 0 Å². The average molecular weight is 248 g/mol. The molecule has 4 heteroatoms. The minimum atomic E-state index is -0.581. The molecule has 2 N–H and O–H groups in total. The number of hydrogen-bond donors (Lipinski definition) is 1. The molecular formula is C14H14F2N2. The number of halogens is 2. The smallest absolute Gasteiger partial charge is 0.129 e. The lowest BCUT2D eigenvalue weighted by Gasteiger charge is -2.13. The van der Waals surface area contributed by atoms with Crippen molar-refractivity contribution in [2.24, 2.45) is 5.73 Å². The lowest BCUT2D eigenvalue weighted by molar-refractivity contribution is 0.563. The van der Waals surface area contributed by atoms with Crippen molar-refractivity contribution < 1.29 is 8.78 Å². The van der Waals surface area contributed by atoms with E-state index in [0.717, 1.165) is 17.2 Å². The first-order valence-corrected chi connectivity index (χ1v) is 5.67. The Morgan fingerprint density at radius 2 is 2.00 bits per heavy atom. The van der Waals surface area contributed by atoms with Crippen molar-refractivity contribution in [3.05, 3.63) is 65.0 Å². The van der Waals surface area contributed by atoms with E-state index < -0.39 is 11.6 Å². The van der Waals surface area contributed by atoms with Gasteiger partial charge in [-0.2, -0.15) is 0 Å². The van der Waals surface area contributed by atoms with Gasteiger partial charge >= 0.3 is 0 Å². The van der Waals surface area contributed by atoms with E-state index in [1.54, 1.807) is 12.4 Å². The third kappa shape index (κ3) is 2.90. The Balaban J connectivity index is 2.18. The summed E-state index contributed by atoms with van der Waals surface area (Å²) in [7, 11) is 0. The second kappa shape index (κ2) is 5.23. The highest BCUT2D eigenvalue weighted by molar-refractivity contribution is 5.25. The van der Waals surface area contributed by atoms with Gasteiger partial charge in [0.2, 0.25) is 0 Å². The van der Waals surface area contributed by atoms with Crippen molar-refractivity contribution in [2.45, 2.75) is 19.4 Å². The molecule has 0 aliphatic rings. The fourth-order valence-corrected chi connectivity index (χ4v) is 1.82. The lowest BCUT2D eigenvalue weighted by Crippen LogP contribution is -2.14. The first kappa shape index (κ1) is 12.6. The first-order chi connectivity index (χ1) is 8.56. The van der Waals surface area contributed by atoms with Crippen molar-refractivity contribution in [1.82, 2.24) is 4.98 Å². The van der Waals surface area contributed by atoms with Gasteiger partial charge in [-0.1, -0.05) is 12.1 Å². The largest absolute Gasteiger partial charge is 0.324 e. The quantitative estimate of drug-likeness (QED) is 0.907. The number of hydrogen-bond acceptors (Lipinski definition) is 2. The zero-order valence-electron chi connectivity index (χ0n) is 10.0. The Morgan fingerprint density at radius 3 is 2.67 bits per heavy atom. The molecule has 2 nitrogen and oxygen atoms in total. The summed E-state index contributed by atoms with van der Waals surface area (Å²) >= 11 is 0. The third-order valence-electron chi connectivity index (χ3n) is 2.78. The highest BCUT2D eigenvalue weighted by Crippen LogP contribution is 2.18. The Morgan fingerprint density at radius 1 is 1.22 bits per heavy atom. The zero-order valence-corrected chi connectivity index (χ0v) is 10.0. The Labute approximate surface area is 104 Å². The monoisotopic (exact) mass is 248 g/mol. The van der Waals surface area contributed by atoms with Crippen LogP contribution in [0.25, 0.3) is 0 Å². The highest BCUT2D eigenvalue weighted by atomic mass is 19.1. The number of aromatic nitrogens is 1. The second-order valence-electron chi connectivity index (χ2n) is 4.34. The summed E-state index contributed by atoms with van der Waals surface area (Å²) in [6.07, 6.45) is 3.71. The number of benzene rings is 1. The van der Waals surface area contributed by atoms with Gasteiger partial charge in [-0.05, 0) is 36.1 Å². The predicted molar refractivity (Wildman–Crippen MR) is 66.0 cm³/mol. The van der Waals surface area contributed by atoms with E-state index in [4.69, 9.17) is 5.73 Å². The SMILES string of the molecule is Cc1cncc(C(N)Cc2ccc(F)cc2F)c1. The summed E-state index contributed by atoms with van der Waals surface area (Å²) in [5.74, 6) is -1.15. The van der Waals surface area contributed by atoms with Crippen LogP contribution in [0.5, 0.6) is 0 Å². The van der Waals surface area contributed by atoms with E-state index in [1.807, 2.05) is 13.0 Å². The molecule has 0 radical (unpaired) electrons. The van der Waals surface area contributed by atoms with Crippen LogP contribution in [0.2, 0.25) is 0 Å². The van der Waals surface area contributed by atoms with Crippen molar-refractivity contribution in [1.29, 1.82) is 0 Å². The summed E-state index contributed by atoms with van der Waals surface area (Å²) < 4.78 is 26.3. The molecule has 2 aromatic rings. The van der Waals surface area contributed by atoms with E-state index in [9.17, 15) is 8.78 Å². The molecule has 0 aliphatic heterocycles. The van der Waals surface area contributed by atoms with E-state index in [0.29, 0.717) is 12.0 Å². The molecular weight excluding hydrogens is 234 g/mol. The van der Waals surface area contributed by atoms with Crippen LogP contribution >= 0.6 is 0 Å². The third-order valence-corrected chi connectivity index (χ3v) is 2.78. The van der Waals surface area contributed by atoms with E-state index >= 15 is 0 Å². The molecule has 2 rings (SSSR count). The summed E-state index contributed by atoms with van der Waals surface area (Å²) in [5, 5.41) is 0. The molecule has 1 aromatic heterocycles. The van der Waals surface area contributed by atoms with Crippen LogP contribution in [0.3, 0.4) is 0 Å². The predicted octanol–water partition coefficient (Wildman–Crippen LogP) is 2.91. The second-order valence-corrected chi connectivity index (χ2v) is 4.34. The molecule has 1 heterocycles. The Bertz CT molecular complexity index is 555. The molecule has 1 atom stereocenters. The van der Waals surface area contributed by atoms with Gasteiger partial charge in [-0.3, -0.25) is 4.98 Å². The van der Waals surface area contributed by atoms with Crippen molar-refractivity contribution in [3.8, 4) is 0 Å². The minimum Gasteiger partial charge on any atom is -0.324 e. The average Bonchev–Trinajstić information content (AvgIpc) is 2.32. The molecule has 1 unspecified atom stereocenters. The summed E-state index contributed by atoms with van der Waals surface area (Å²) in [5.41, 5.74) is 8.26. The van der Waals surface area contributed by atoms with Crippen LogP contribution in [0.4, 0.5) is 8.78 Å². The van der Waals surface area contributed by atoms with Crippen LogP contribution in [0, 0.1) is 18.6 Å². The maximum atomic E-state index is 13.5. The maximum absolute atomic E-state index is 13.5. The van der Waals surface area contributed by atoms with Gasteiger partial charge in [0.1, 0.15) is 11.6 Å². The van der Waals surface area contributed by atoms with E-state index in [-0.39, 0.29) is 6.04 Å². The number of pyridine rings is 1. The lowest BCUT2D eigenvalue weighted by atomic mass is 10.00. The molecule has 0 saturated carbocycles. The fraction of sp³-hybridized carbons (Fsp3) is 0.214. The standard InChI is InChI=1S/C14H14F2N2/c1-9-4-11(8-18-7-9)14(17)5-10-2-3-12(15)6-13(10)16/h2-4,6-8,14H,5,17H2,1H3. The van der Waals surface area contributed by atoms with Crippen LogP contribution < -0.4 is 5.73 Å². The molecule has 1 aromatic carbocycles. The number of nitrogens with zero attached hydrogens (tertiary/aromatic N) is 1. The van der Waals surface area contributed by atoms with Crippen molar-refractivity contribution >= 4 is 0 Å². The number of nitrogens with two attached hydrogens (primary N) is 1. The van der Waals surface area contributed by atoms with Crippen molar-refractivity contribution in [2.75, 3.05) is 0 Å². The molecule has 0 aliphatic carbocycles. The number of rotatable bonds is 3. The van der Waals surface area contributed by atoms with E-state index in [2.05, 4.69) is 4.98 Å². The van der Waals surface area contributed by atoms with Crippen LogP contribution in [0.15, 0.2) is 36.7 Å². The Hall–Kier alpha value is -1.81. The molecule has 0 bridgehead atoms. The van der Waals surface area contributed by atoms with Gasteiger partial charge in [0, 0.05) is 24.5 Å².